The van der Waals surface area contributed by atoms with Gasteiger partial charge in [0.25, 0.3) is 0 Å². The Balaban J connectivity index is 2.36. The molecule has 2 aromatic heterocycles. The number of aromatic nitrogens is 2. The summed E-state index contributed by atoms with van der Waals surface area (Å²) in [5.74, 6) is 2.02. The van der Waals surface area contributed by atoms with Crippen LogP contribution in [0.1, 0.15) is 0 Å². The van der Waals surface area contributed by atoms with E-state index in [2.05, 4.69) is 9.97 Å². The largest absolute Gasteiger partial charge is 0.493 e. The van der Waals surface area contributed by atoms with Crippen LogP contribution in [0.25, 0.3) is 21.6 Å². The third-order valence-electron chi connectivity index (χ3n) is 3.19. The van der Waals surface area contributed by atoms with Gasteiger partial charge in [0, 0.05) is 5.39 Å². The predicted octanol–water partition coefficient (Wildman–Crippen LogP) is 4.04. The predicted molar refractivity (Wildman–Crippen MR) is 87.5 cm³/mol. The molecule has 0 atom stereocenters. The van der Waals surface area contributed by atoms with Crippen molar-refractivity contribution in [1.82, 2.24) is 9.97 Å². The van der Waals surface area contributed by atoms with Crippen LogP contribution in [0.2, 0.25) is 5.15 Å². The molecule has 0 aliphatic carbocycles. The van der Waals surface area contributed by atoms with E-state index >= 15 is 0 Å². The Kier molecular flexibility index (Phi) is 4.04. The molecular weight excluding hydrogens is 324 g/mol. The molecular formula is C15H13ClN2O3S. The zero-order valence-electron chi connectivity index (χ0n) is 12.2. The Bertz CT molecular complexity index is 822. The van der Waals surface area contributed by atoms with Gasteiger partial charge in [-0.25, -0.2) is 9.97 Å². The van der Waals surface area contributed by atoms with Gasteiger partial charge in [0.05, 0.1) is 26.2 Å². The normalized spacial score (nSPS) is 10.7. The van der Waals surface area contributed by atoms with Gasteiger partial charge in [0.2, 0.25) is 5.75 Å². The SMILES string of the molecule is COc1cc2c(Cl)nc(-c3cccs3)nc2c(OC)c1OC. The van der Waals surface area contributed by atoms with Crippen molar-refractivity contribution in [3.05, 3.63) is 28.7 Å². The monoisotopic (exact) mass is 336 g/mol. The van der Waals surface area contributed by atoms with Crippen LogP contribution in [-0.2, 0) is 0 Å². The number of nitrogens with zero attached hydrogens (tertiary/aromatic N) is 2. The highest BCUT2D eigenvalue weighted by Crippen LogP contribution is 2.44. The van der Waals surface area contributed by atoms with Crippen molar-refractivity contribution in [3.8, 4) is 28.0 Å². The maximum absolute atomic E-state index is 6.33. The maximum atomic E-state index is 6.33. The summed E-state index contributed by atoms with van der Waals surface area (Å²) in [6, 6.07) is 5.62. The second kappa shape index (κ2) is 5.98. The zero-order chi connectivity index (χ0) is 15.7. The van der Waals surface area contributed by atoms with Crippen LogP contribution in [0.15, 0.2) is 23.6 Å². The zero-order valence-corrected chi connectivity index (χ0v) is 13.8. The van der Waals surface area contributed by atoms with Gasteiger partial charge in [-0.2, -0.15) is 0 Å². The summed E-state index contributed by atoms with van der Waals surface area (Å²) in [6.45, 7) is 0. The minimum Gasteiger partial charge on any atom is -0.493 e. The Labute approximate surface area is 136 Å². The highest BCUT2D eigenvalue weighted by molar-refractivity contribution is 7.13. The van der Waals surface area contributed by atoms with Gasteiger partial charge in [0.1, 0.15) is 10.7 Å². The molecule has 1 aromatic carbocycles. The first-order valence-corrected chi connectivity index (χ1v) is 7.65. The minimum absolute atomic E-state index is 0.340. The molecule has 5 nitrogen and oxygen atoms in total. The Morgan fingerprint density at radius 3 is 2.41 bits per heavy atom. The third-order valence-corrected chi connectivity index (χ3v) is 4.34. The van der Waals surface area contributed by atoms with E-state index in [0.29, 0.717) is 39.1 Å². The number of benzene rings is 1. The van der Waals surface area contributed by atoms with E-state index in [4.69, 9.17) is 25.8 Å². The van der Waals surface area contributed by atoms with Gasteiger partial charge >= 0.3 is 0 Å². The third kappa shape index (κ3) is 2.34. The van der Waals surface area contributed by atoms with Crippen LogP contribution < -0.4 is 14.2 Å². The summed E-state index contributed by atoms with van der Waals surface area (Å²) in [4.78, 5) is 9.88. The van der Waals surface area contributed by atoms with Crippen molar-refractivity contribution < 1.29 is 14.2 Å². The Hall–Kier alpha value is -2.05. The van der Waals surface area contributed by atoms with E-state index in [-0.39, 0.29) is 0 Å². The molecule has 3 aromatic rings. The van der Waals surface area contributed by atoms with Crippen molar-refractivity contribution >= 4 is 33.8 Å². The van der Waals surface area contributed by atoms with Crippen LogP contribution in [0.4, 0.5) is 0 Å². The number of fused-ring (bicyclic) bond motifs is 1. The van der Waals surface area contributed by atoms with Crippen molar-refractivity contribution in [2.45, 2.75) is 0 Å². The molecule has 0 fully saturated rings. The summed E-state index contributed by atoms with van der Waals surface area (Å²) in [5.41, 5.74) is 0.587. The fraction of sp³-hybridized carbons (Fsp3) is 0.200. The highest BCUT2D eigenvalue weighted by atomic mass is 35.5. The number of hydrogen-bond acceptors (Lipinski definition) is 6. The number of methoxy groups -OCH3 is 3. The lowest BCUT2D eigenvalue weighted by atomic mass is 10.2. The van der Waals surface area contributed by atoms with Crippen LogP contribution >= 0.6 is 22.9 Å². The lowest BCUT2D eigenvalue weighted by Gasteiger charge is -2.15. The van der Waals surface area contributed by atoms with Crippen LogP contribution in [-0.4, -0.2) is 31.3 Å². The van der Waals surface area contributed by atoms with Gasteiger partial charge in [-0.05, 0) is 17.5 Å². The van der Waals surface area contributed by atoms with Crippen molar-refractivity contribution in [3.63, 3.8) is 0 Å². The smallest absolute Gasteiger partial charge is 0.205 e. The van der Waals surface area contributed by atoms with Crippen LogP contribution in [0.5, 0.6) is 17.2 Å². The fourth-order valence-electron chi connectivity index (χ4n) is 2.21. The molecule has 0 radical (unpaired) electrons. The lowest BCUT2D eigenvalue weighted by molar-refractivity contribution is 0.327. The van der Waals surface area contributed by atoms with Gasteiger partial charge in [-0.3, -0.25) is 0 Å². The van der Waals surface area contributed by atoms with Gasteiger partial charge < -0.3 is 14.2 Å². The average molecular weight is 337 g/mol. The fourth-order valence-corrected chi connectivity index (χ4v) is 3.09. The van der Waals surface area contributed by atoms with Crippen molar-refractivity contribution in [2.24, 2.45) is 0 Å². The minimum atomic E-state index is 0.340. The molecule has 114 valence electrons. The van der Waals surface area contributed by atoms with E-state index in [1.165, 1.54) is 0 Å². The second-order valence-corrected chi connectivity index (χ2v) is 5.66. The standard InChI is InChI=1S/C15H13ClN2O3S/c1-19-9-7-8-11(13(21-3)12(9)20-2)17-15(18-14(8)16)10-5-4-6-22-10/h4-7H,1-3H3. The molecule has 0 bridgehead atoms. The Morgan fingerprint density at radius 1 is 1.05 bits per heavy atom. The van der Waals surface area contributed by atoms with E-state index in [1.54, 1.807) is 38.7 Å². The quantitative estimate of drug-likeness (QED) is 0.673. The molecule has 0 spiro atoms. The number of ether oxygens (including phenoxy) is 3. The van der Waals surface area contributed by atoms with Gasteiger partial charge in [0.15, 0.2) is 17.3 Å². The second-order valence-electron chi connectivity index (χ2n) is 4.36. The molecule has 2 heterocycles. The molecule has 3 rings (SSSR count). The molecule has 0 aliphatic rings. The molecule has 0 aliphatic heterocycles. The molecule has 0 unspecified atom stereocenters. The molecule has 0 N–H and O–H groups in total. The summed E-state index contributed by atoms with van der Waals surface area (Å²) in [6.07, 6.45) is 0. The first kappa shape index (κ1) is 14.9. The topological polar surface area (TPSA) is 53.5 Å². The maximum Gasteiger partial charge on any atom is 0.205 e. The molecule has 7 heteroatoms. The summed E-state index contributed by atoms with van der Waals surface area (Å²) in [7, 11) is 4.66. The van der Waals surface area contributed by atoms with Gasteiger partial charge in [-0.1, -0.05) is 17.7 Å². The first-order chi connectivity index (χ1) is 10.7. The highest BCUT2D eigenvalue weighted by Gasteiger charge is 2.20. The summed E-state index contributed by atoms with van der Waals surface area (Å²) >= 11 is 7.88. The van der Waals surface area contributed by atoms with Crippen molar-refractivity contribution in [1.29, 1.82) is 0 Å². The van der Waals surface area contributed by atoms with E-state index < -0.39 is 0 Å². The number of rotatable bonds is 4. The Morgan fingerprint density at radius 2 is 1.82 bits per heavy atom. The van der Waals surface area contributed by atoms with E-state index in [0.717, 1.165) is 4.88 Å². The van der Waals surface area contributed by atoms with E-state index in [1.807, 2.05) is 17.5 Å². The molecule has 0 saturated carbocycles. The van der Waals surface area contributed by atoms with Crippen LogP contribution in [0.3, 0.4) is 0 Å². The summed E-state index contributed by atoms with van der Waals surface area (Å²) in [5, 5.41) is 2.95. The summed E-state index contributed by atoms with van der Waals surface area (Å²) < 4.78 is 16.2. The van der Waals surface area contributed by atoms with Crippen molar-refractivity contribution in [2.75, 3.05) is 21.3 Å². The first-order valence-electron chi connectivity index (χ1n) is 6.39. The molecule has 0 saturated heterocycles. The number of hydrogen-bond donors (Lipinski definition) is 0. The lowest BCUT2D eigenvalue weighted by Crippen LogP contribution is -1.99. The number of thiophene rings is 1. The molecule has 0 amide bonds. The van der Waals surface area contributed by atoms with E-state index in [9.17, 15) is 0 Å². The molecule has 22 heavy (non-hydrogen) atoms. The van der Waals surface area contributed by atoms with Crippen LogP contribution in [0, 0.1) is 0 Å². The number of halogens is 1. The average Bonchev–Trinajstić information content (AvgIpc) is 3.07. The van der Waals surface area contributed by atoms with Gasteiger partial charge in [-0.15, -0.1) is 11.3 Å².